The molecule has 152 valence electrons. The first-order chi connectivity index (χ1) is 14.6. The number of carbonyl (C=O) groups is 1. The number of anilines is 1. The van der Waals surface area contributed by atoms with Gasteiger partial charge in [0.1, 0.15) is 12.1 Å². The Morgan fingerprint density at radius 2 is 2.07 bits per heavy atom. The average Bonchev–Trinajstić information content (AvgIpc) is 3.45. The molecular formula is C17H14ClN9O2S. The van der Waals surface area contributed by atoms with Crippen molar-refractivity contribution < 1.29 is 9.53 Å². The van der Waals surface area contributed by atoms with Crippen molar-refractivity contribution in [2.75, 3.05) is 18.7 Å². The number of hydrogen-bond donors (Lipinski definition) is 1. The Bertz CT molecular complexity index is 1200. The highest BCUT2D eigenvalue weighted by Gasteiger charge is 2.18. The number of nitrogens with zero attached hydrogens (tertiary/aromatic N) is 8. The largest absolute Gasteiger partial charge is 0.496 e. The van der Waals surface area contributed by atoms with E-state index in [0.717, 1.165) is 0 Å². The topological polar surface area (TPSA) is 126 Å². The lowest BCUT2D eigenvalue weighted by Gasteiger charge is -2.13. The maximum absolute atomic E-state index is 12.9. The van der Waals surface area contributed by atoms with Crippen LogP contribution in [0.4, 0.5) is 5.69 Å². The molecule has 4 aromatic rings. The van der Waals surface area contributed by atoms with Gasteiger partial charge in [-0.05, 0) is 51.4 Å². The lowest BCUT2D eigenvalue weighted by atomic mass is 10.1. The molecule has 0 spiro atoms. The summed E-state index contributed by atoms with van der Waals surface area (Å²) in [5.74, 6) is -0.0697. The molecule has 0 aliphatic rings. The minimum Gasteiger partial charge on any atom is -0.496 e. The van der Waals surface area contributed by atoms with Gasteiger partial charge in [0.25, 0.3) is 5.91 Å². The van der Waals surface area contributed by atoms with E-state index < -0.39 is 5.91 Å². The Labute approximate surface area is 179 Å². The Morgan fingerprint density at radius 1 is 1.20 bits per heavy atom. The first-order valence-corrected chi connectivity index (χ1v) is 10.1. The van der Waals surface area contributed by atoms with E-state index >= 15 is 0 Å². The van der Waals surface area contributed by atoms with Crippen LogP contribution >= 0.6 is 23.4 Å². The predicted molar refractivity (Wildman–Crippen MR) is 110 cm³/mol. The van der Waals surface area contributed by atoms with Crippen molar-refractivity contribution in [3.05, 3.63) is 53.3 Å². The number of thioether (sulfide) groups is 1. The van der Waals surface area contributed by atoms with Gasteiger partial charge in [0.2, 0.25) is 5.16 Å². The first-order valence-electron chi connectivity index (χ1n) is 8.45. The SMILES string of the molecule is COc1cc(-n2cnnn2)c(Cl)cc1C(=O)Nc1cccc(-n2nnnc2SC)c1. The summed E-state index contributed by atoms with van der Waals surface area (Å²) in [4.78, 5) is 12.9. The molecule has 1 amide bonds. The van der Waals surface area contributed by atoms with Crippen molar-refractivity contribution in [2.24, 2.45) is 0 Å². The van der Waals surface area contributed by atoms with Crippen molar-refractivity contribution in [3.8, 4) is 17.1 Å². The van der Waals surface area contributed by atoms with Crippen LogP contribution in [0.2, 0.25) is 5.02 Å². The van der Waals surface area contributed by atoms with E-state index in [1.807, 2.05) is 12.3 Å². The number of tetrazole rings is 2. The highest BCUT2D eigenvalue weighted by molar-refractivity contribution is 7.98. The number of amides is 1. The zero-order valence-corrected chi connectivity index (χ0v) is 17.3. The van der Waals surface area contributed by atoms with Crippen molar-refractivity contribution in [1.29, 1.82) is 0 Å². The number of benzene rings is 2. The smallest absolute Gasteiger partial charge is 0.259 e. The summed E-state index contributed by atoms with van der Waals surface area (Å²) in [7, 11) is 1.46. The number of carbonyl (C=O) groups excluding carboxylic acids is 1. The third-order valence-electron chi connectivity index (χ3n) is 4.08. The monoisotopic (exact) mass is 443 g/mol. The molecule has 0 atom stereocenters. The number of ether oxygens (including phenoxy) is 1. The fraction of sp³-hybridized carbons (Fsp3) is 0.118. The van der Waals surface area contributed by atoms with E-state index in [2.05, 4.69) is 36.4 Å². The third-order valence-corrected chi connectivity index (χ3v) is 5.00. The summed E-state index contributed by atoms with van der Waals surface area (Å²) in [6.45, 7) is 0. The molecule has 2 aromatic carbocycles. The Hall–Kier alpha value is -3.51. The second kappa shape index (κ2) is 8.47. The molecule has 0 unspecified atom stereocenters. The zero-order chi connectivity index (χ0) is 21.1. The van der Waals surface area contributed by atoms with Gasteiger partial charge in [0, 0.05) is 11.8 Å². The standard InChI is InChI=1S/C17H14ClN9O2S/c1-29-15-8-14(26-9-19-22-24-26)13(18)7-12(15)16(28)20-10-4-3-5-11(6-10)27-17(30-2)21-23-25-27/h3-9H,1-2H3,(H,20,28). The van der Waals surface area contributed by atoms with E-state index in [4.69, 9.17) is 16.3 Å². The van der Waals surface area contributed by atoms with Crippen molar-refractivity contribution in [3.63, 3.8) is 0 Å². The Balaban J connectivity index is 1.63. The summed E-state index contributed by atoms with van der Waals surface area (Å²) in [5.41, 5.74) is 2.02. The molecule has 2 aromatic heterocycles. The molecule has 11 nitrogen and oxygen atoms in total. The number of hydrogen-bond acceptors (Lipinski definition) is 9. The molecule has 2 heterocycles. The van der Waals surface area contributed by atoms with Gasteiger partial charge in [-0.3, -0.25) is 4.79 Å². The molecule has 0 bridgehead atoms. The molecule has 0 aliphatic heterocycles. The van der Waals surface area contributed by atoms with Crippen LogP contribution in [0.1, 0.15) is 10.4 Å². The molecule has 0 aliphatic carbocycles. The third kappa shape index (κ3) is 3.82. The quantitative estimate of drug-likeness (QED) is 0.446. The zero-order valence-electron chi connectivity index (χ0n) is 15.7. The lowest BCUT2D eigenvalue weighted by Crippen LogP contribution is -2.14. The van der Waals surface area contributed by atoms with Gasteiger partial charge in [0.15, 0.2) is 0 Å². The van der Waals surface area contributed by atoms with Crippen molar-refractivity contribution >= 4 is 35.0 Å². The number of aromatic nitrogens is 8. The van der Waals surface area contributed by atoms with Crippen LogP contribution in [0.15, 0.2) is 47.9 Å². The molecule has 0 saturated carbocycles. The second-order valence-corrected chi connectivity index (χ2v) is 7.02. The van der Waals surface area contributed by atoms with Gasteiger partial charge >= 0.3 is 0 Å². The van der Waals surface area contributed by atoms with Crippen LogP contribution in [-0.2, 0) is 0 Å². The molecule has 13 heteroatoms. The molecule has 1 N–H and O–H groups in total. The Kier molecular flexibility index (Phi) is 5.59. The van der Waals surface area contributed by atoms with Gasteiger partial charge in [-0.2, -0.15) is 9.36 Å². The molecule has 0 saturated heterocycles. The van der Waals surface area contributed by atoms with Gasteiger partial charge in [-0.15, -0.1) is 10.2 Å². The molecule has 0 radical (unpaired) electrons. The van der Waals surface area contributed by atoms with E-state index in [1.165, 1.54) is 35.9 Å². The maximum atomic E-state index is 12.9. The molecular weight excluding hydrogens is 430 g/mol. The summed E-state index contributed by atoms with van der Waals surface area (Å²) in [6, 6.07) is 10.2. The molecule has 0 fully saturated rings. The first kappa shape index (κ1) is 19.8. The van der Waals surface area contributed by atoms with Crippen molar-refractivity contribution in [2.45, 2.75) is 5.16 Å². The molecule has 4 rings (SSSR count). The highest BCUT2D eigenvalue weighted by atomic mass is 35.5. The second-order valence-electron chi connectivity index (χ2n) is 5.84. The van der Waals surface area contributed by atoms with E-state index in [1.54, 1.807) is 28.9 Å². The van der Waals surface area contributed by atoms with Gasteiger partial charge in [0.05, 0.1) is 29.1 Å². The number of halogens is 1. The minimum absolute atomic E-state index is 0.261. The van der Waals surface area contributed by atoms with Crippen LogP contribution in [0.3, 0.4) is 0 Å². The van der Waals surface area contributed by atoms with Crippen LogP contribution in [0, 0.1) is 0 Å². The molecule has 30 heavy (non-hydrogen) atoms. The predicted octanol–water partition coefficient (Wildman–Crippen LogP) is 2.27. The normalized spacial score (nSPS) is 10.8. The summed E-state index contributed by atoms with van der Waals surface area (Å²) < 4.78 is 8.34. The summed E-state index contributed by atoms with van der Waals surface area (Å²) in [5, 5.41) is 26.3. The summed E-state index contributed by atoms with van der Waals surface area (Å²) in [6.07, 6.45) is 3.27. The minimum atomic E-state index is -0.393. The van der Waals surface area contributed by atoms with Gasteiger partial charge in [-0.1, -0.05) is 29.4 Å². The van der Waals surface area contributed by atoms with Gasteiger partial charge in [-0.25, -0.2) is 0 Å². The average molecular weight is 444 g/mol. The number of methoxy groups -OCH3 is 1. The number of nitrogens with one attached hydrogen (secondary N) is 1. The summed E-state index contributed by atoms with van der Waals surface area (Å²) >= 11 is 7.76. The van der Waals surface area contributed by atoms with Crippen LogP contribution in [0.5, 0.6) is 5.75 Å². The van der Waals surface area contributed by atoms with Crippen LogP contribution < -0.4 is 10.1 Å². The lowest BCUT2D eigenvalue weighted by molar-refractivity contribution is 0.102. The fourth-order valence-corrected chi connectivity index (χ4v) is 3.40. The number of rotatable bonds is 6. The van der Waals surface area contributed by atoms with Crippen molar-refractivity contribution in [1.82, 2.24) is 40.4 Å². The van der Waals surface area contributed by atoms with Crippen LogP contribution in [-0.4, -0.2) is 59.7 Å². The van der Waals surface area contributed by atoms with Gasteiger partial charge < -0.3 is 10.1 Å². The highest BCUT2D eigenvalue weighted by Crippen LogP contribution is 2.30. The van der Waals surface area contributed by atoms with E-state index in [0.29, 0.717) is 33.0 Å². The van der Waals surface area contributed by atoms with E-state index in [9.17, 15) is 4.79 Å². The van der Waals surface area contributed by atoms with Crippen LogP contribution in [0.25, 0.3) is 11.4 Å². The Morgan fingerprint density at radius 3 is 2.80 bits per heavy atom. The maximum Gasteiger partial charge on any atom is 0.259 e. The fourth-order valence-electron chi connectivity index (χ4n) is 2.72. The van der Waals surface area contributed by atoms with E-state index in [-0.39, 0.29) is 5.56 Å².